The Kier molecular flexibility index (Phi) is 6.77. The van der Waals surface area contributed by atoms with Crippen molar-refractivity contribution in [2.24, 2.45) is 0 Å². The van der Waals surface area contributed by atoms with Gasteiger partial charge in [0.05, 0.1) is 12.1 Å². The summed E-state index contributed by atoms with van der Waals surface area (Å²) in [4.78, 5) is 21.4. The molecule has 1 amide bonds. The van der Waals surface area contributed by atoms with Gasteiger partial charge in [-0.05, 0) is 25.1 Å². The number of carbonyl (C=O) groups excluding carboxylic acids is 1. The number of aromatic nitrogens is 1. The number of rotatable bonds is 7. The standard InChI is InChI=1S/C20H28N4OS/c1-3-7-21-19(25)13-18-15-26-20(22-18)17-6-4-5-16(12-17)14-24-10-8-23(2)9-11-24/h4-6,12,15H,3,7-11,13-14H2,1-2H3,(H,21,25). The summed E-state index contributed by atoms with van der Waals surface area (Å²) >= 11 is 1.61. The molecule has 1 aromatic heterocycles. The molecule has 5 nitrogen and oxygen atoms in total. The molecule has 0 radical (unpaired) electrons. The van der Waals surface area contributed by atoms with Gasteiger partial charge in [0.15, 0.2) is 0 Å². The molecule has 0 saturated carbocycles. The third-order valence-corrected chi connectivity index (χ3v) is 5.58. The fourth-order valence-electron chi connectivity index (χ4n) is 3.08. The average Bonchev–Trinajstić information content (AvgIpc) is 3.11. The van der Waals surface area contributed by atoms with Crippen LogP contribution in [-0.4, -0.2) is 60.5 Å². The van der Waals surface area contributed by atoms with Gasteiger partial charge in [0.2, 0.25) is 5.91 Å². The van der Waals surface area contributed by atoms with Crippen molar-refractivity contribution in [2.45, 2.75) is 26.3 Å². The topological polar surface area (TPSA) is 48.5 Å². The van der Waals surface area contributed by atoms with Gasteiger partial charge in [-0.3, -0.25) is 9.69 Å². The number of hydrogen-bond donors (Lipinski definition) is 1. The van der Waals surface area contributed by atoms with E-state index in [0.717, 1.165) is 62.0 Å². The van der Waals surface area contributed by atoms with Gasteiger partial charge >= 0.3 is 0 Å². The Morgan fingerprint density at radius 2 is 2.08 bits per heavy atom. The summed E-state index contributed by atoms with van der Waals surface area (Å²) in [6, 6.07) is 8.63. The number of piperazine rings is 1. The fraction of sp³-hybridized carbons (Fsp3) is 0.500. The first-order chi connectivity index (χ1) is 12.6. The molecular formula is C20H28N4OS. The monoisotopic (exact) mass is 372 g/mol. The van der Waals surface area contributed by atoms with Crippen molar-refractivity contribution in [1.82, 2.24) is 20.1 Å². The number of benzene rings is 1. The molecule has 0 aliphatic carbocycles. The fourth-order valence-corrected chi connectivity index (χ4v) is 3.90. The molecule has 0 atom stereocenters. The molecule has 26 heavy (non-hydrogen) atoms. The van der Waals surface area contributed by atoms with Gasteiger partial charge in [0.25, 0.3) is 0 Å². The largest absolute Gasteiger partial charge is 0.356 e. The number of carbonyl (C=O) groups is 1. The van der Waals surface area contributed by atoms with Crippen molar-refractivity contribution in [3.63, 3.8) is 0 Å². The lowest BCUT2D eigenvalue weighted by Crippen LogP contribution is -2.43. The molecule has 1 aliphatic rings. The van der Waals surface area contributed by atoms with E-state index in [0.29, 0.717) is 6.42 Å². The third-order valence-electron chi connectivity index (χ3n) is 4.64. The second kappa shape index (κ2) is 9.26. The van der Waals surface area contributed by atoms with E-state index >= 15 is 0 Å². The summed E-state index contributed by atoms with van der Waals surface area (Å²) in [7, 11) is 2.18. The first kappa shape index (κ1) is 19.0. The van der Waals surface area contributed by atoms with Crippen LogP contribution in [0, 0.1) is 0 Å². The number of thiazole rings is 1. The van der Waals surface area contributed by atoms with Gasteiger partial charge in [0, 0.05) is 50.2 Å². The minimum atomic E-state index is 0.0486. The Morgan fingerprint density at radius 1 is 1.27 bits per heavy atom. The summed E-state index contributed by atoms with van der Waals surface area (Å²) < 4.78 is 0. The molecule has 1 N–H and O–H groups in total. The molecule has 2 heterocycles. The second-order valence-electron chi connectivity index (χ2n) is 6.95. The molecule has 0 unspecified atom stereocenters. The number of nitrogens with one attached hydrogen (secondary N) is 1. The van der Waals surface area contributed by atoms with Crippen LogP contribution in [0.5, 0.6) is 0 Å². The van der Waals surface area contributed by atoms with Crippen LogP contribution in [0.4, 0.5) is 0 Å². The van der Waals surface area contributed by atoms with Gasteiger partial charge in [-0.2, -0.15) is 0 Å². The van der Waals surface area contributed by atoms with Crippen LogP contribution in [0.2, 0.25) is 0 Å². The van der Waals surface area contributed by atoms with Crippen molar-refractivity contribution in [2.75, 3.05) is 39.8 Å². The van der Waals surface area contributed by atoms with E-state index in [1.54, 1.807) is 11.3 Å². The Labute approximate surface area is 160 Å². The number of hydrogen-bond acceptors (Lipinski definition) is 5. The Hall–Kier alpha value is -1.76. The van der Waals surface area contributed by atoms with Crippen LogP contribution in [0.25, 0.3) is 10.6 Å². The van der Waals surface area contributed by atoms with Crippen LogP contribution in [0.1, 0.15) is 24.6 Å². The maximum Gasteiger partial charge on any atom is 0.226 e. The predicted molar refractivity (Wildman–Crippen MR) is 107 cm³/mol. The number of likely N-dealkylation sites (N-methyl/N-ethyl adjacent to an activating group) is 1. The molecule has 1 fully saturated rings. The van der Waals surface area contributed by atoms with Crippen LogP contribution in [0.3, 0.4) is 0 Å². The van der Waals surface area contributed by atoms with Crippen LogP contribution in [-0.2, 0) is 17.8 Å². The lowest BCUT2D eigenvalue weighted by atomic mass is 10.1. The molecule has 140 valence electrons. The van der Waals surface area contributed by atoms with E-state index < -0.39 is 0 Å². The van der Waals surface area contributed by atoms with Crippen LogP contribution in [0.15, 0.2) is 29.6 Å². The van der Waals surface area contributed by atoms with E-state index in [4.69, 9.17) is 0 Å². The smallest absolute Gasteiger partial charge is 0.226 e. The lowest BCUT2D eigenvalue weighted by Gasteiger charge is -2.32. The molecule has 0 spiro atoms. The first-order valence-corrected chi connectivity index (χ1v) is 10.2. The summed E-state index contributed by atoms with van der Waals surface area (Å²) in [6.07, 6.45) is 1.31. The minimum absolute atomic E-state index is 0.0486. The third kappa shape index (κ3) is 5.37. The lowest BCUT2D eigenvalue weighted by molar-refractivity contribution is -0.120. The zero-order chi connectivity index (χ0) is 18.4. The zero-order valence-electron chi connectivity index (χ0n) is 15.7. The van der Waals surface area contributed by atoms with Crippen LogP contribution < -0.4 is 5.32 Å². The molecule has 2 aromatic rings. The molecule has 1 aliphatic heterocycles. The predicted octanol–water partition coefficient (Wildman–Crippen LogP) is 2.63. The van der Waals surface area contributed by atoms with Gasteiger partial charge < -0.3 is 10.2 Å². The van der Waals surface area contributed by atoms with E-state index in [1.807, 2.05) is 5.38 Å². The number of amides is 1. The Morgan fingerprint density at radius 3 is 2.85 bits per heavy atom. The molecule has 1 aromatic carbocycles. The summed E-state index contributed by atoms with van der Waals surface area (Å²) in [5.74, 6) is 0.0486. The Balaban J connectivity index is 1.62. The summed E-state index contributed by atoms with van der Waals surface area (Å²) in [6.45, 7) is 8.27. The van der Waals surface area contributed by atoms with Crippen molar-refractivity contribution in [3.05, 3.63) is 40.9 Å². The second-order valence-corrected chi connectivity index (χ2v) is 7.81. The molecule has 6 heteroatoms. The van der Waals surface area contributed by atoms with Crippen LogP contribution >= 0.6 is 11.3 Å². The molecule has 3 rings (SSSR count). The van der Waals surface area contributed by atoms with E-state index in [-0.39, 0.29) is 5.91 Å². The highest BCUT2D eigenvalue weighted by Gasteiger charge is 2.14. The minimum Gasteiger partial charge on any atom is -0.356 e. The van der Waals surface area contributed by atoms with Gasteiger partial charge in [-0.25, -0.2) is 4.98 Å². The SMILES string of the molecule is CCCNC(=O)Cc1csc(-c2cccc(CN3CCN(C)CC3)c2)n1. The van der Waals surface area contributed by atoms with Crippen molar-refractivity contribution in [3.8, 4) is 10.6 Å². The first-order valence-electron chi connectivity index (χ1n) is 9.35. The van der Waals surface area contributed by atoms with Crippen molar-refractivity contribution >= 4 is 17.2 Å². The average molecular weight is 373 g/mol. The normalized spacial score (nSPS) is 15.9. The van der Waals surface area contributed by atoms with Gasteiger partial charge in [0.1, 0.15) is 5.01 Å². The van der Waals surface area contributed by atoms with E-state index in [2.05, 4.69) is 58.3 Å². The molecule has 1 saturated heterocycles. The van der Waals surface area contributed by atoms with Crippen molar-refractivity contribution in [1.29, 1.82) is 0 Å². The highest BCUT2D eigenvalue weighted by molar-refractivity contribution is 7.13. The number of nitrogens with zero attached hydrogens (tertiary/aromatic N) is 3. The van der Waals surface area contributed by atoms with Gasteiger partial charge in [-0.1, -0.05) is 25.1 Å². The highest BCUT2D eigenvalue weighted by Crippen LogP contribution is 2.25. The van der Waals surface area contributed by atoms with E-state index in [9.17, 15) is 4.79 Å². The maximum atomic E-state index is 11.9. The Bertz CT molecular complexity index is 722. The summed E-state index contributed by atoms with van der Waals surface area (Å²) in [5, 5.41) is 5.89. The highest BCUT2D eigenvalue weighted by atomic mass is 32.1. The molecular weight excluding hydrogens is 344 g/mol. The summed E-state index contributed by atoms with van der Waals surface area (Å²) in [5.41, 5.74) is 3.31. The quantitative estimate of drug-likeness (QED) is 0.812. The molecule has 0 bridgehead atoms. The van der Waals surface area contributed by atoms with E-state index in [1.165, 1.54) is 5.56 Å². The van der Waals surface area contributed by atoms with Gasteiger partial charge in [-0.15, -0.1) is 11.3 Å². The zero-order valence-corrected chi connectivity index (χ0v) is 16.5. The van der Waals surface area contributed by atoms with Crippen molar-refractivity contribution < 1.29 is 4.79 Å². The maximum absolute atomic E-state index is 11.9.